The molecule has 0 amide bonds. The van der Waals surface area contributed by atoms with E-state index in [2.05, 4.69) is 155 Å². The van der Waals surface area contributed by atoms with Crippen molar-refractivity contribution in [3.63, 3.8) is 0 Å². The normalized spacial score (nSPS) is 16.0. The highest BCUT2D eigenvalue weighted by Gasteiger charge is 2.51. The highest BCUT2D eigenvalue weighted by molar-refractivity contribution is 6.62. The minimum absolute atomic E-state index is 0.344. The fourth-order valence-electron chi connectivity index (χ4n) is 5.75. The zero-order valence-electron chi connectivity index (χ0n) is 24.0. The van der Waals surface area contributed by atoms with Crippen molar-refractivity contribution >= 4 is 34.1 Å². The molecular formula is C38H33BO2. The summed E-state index contributed by atoms with van der Waals surface area (Å²) in [5, 5.41) is 4.98. The van der Waals surface area contributed by atoms with E-state index in [1.165, 1.54) is 54.9 Å². The summed E-state index contributed by atoms with van der Waals surface area (Å²) in [6, 6.07) is 46.0. The lowest BCUT2D eigenvalue weighted by molar-refractivity contribution is 0.00578. The molecule has 0 spiro atoms. The van der Waals surface area contributed by atoms with Gasteiger partial charge >= 0.3 is 7.12 Å². The molecule has 0 atom stereocenters. The molecule has 41 heavy (non-hydrogen) atoms. The van der Waals surface area contributed by atoms with Crippen LogP contribution in [0.25, 0.3) is 54.9 Å². The van der Waals surface area contributed by atoms with Crippen LogP contribution in [0.2, 0.25) is 0 Å². The Kier molecular flexibility index (Phi) is 6.12. The molecule has 7 rings (SSSR count). The summed E-state index contributed by atoms with van der Waals surface area (Å²) in [6.45, 7) is 8.35. The van der Waals surface area contributed by atoms with Gasteiger partial charge in [-0.1, -0.05) is 109 Å². The van der Waals surface area contributed by atoms with Crippen LogP contribution >= 0.6 is 0 Å². The summed E-state index contributed by atoms with van der Waals surface area (Å²) in [5.74, 6) is 0. The van der Waals surface area contributed by atoms with Crippen molar-refractivity contribution in [2.75, 3.05) is 0 Å². The van der Waals surface area contributed by atoms with Gasteiger partial charge in [0.25, 0.3) is 0 Å². The van der Waals surface area contributed by atoms with Crippen molar-refractivity contribution < 1.29 is 9.31 Å². The molecule has 0 radical (unpaired) electrons. The molecule has 1 aliphatic heterocycles. The van der Waals surface area contributed by atoms with Crippen LogP contribution in [0.4, 0.5) is 0 Å². The lowest BCUT2D eigenvalue weighted by Crippen LogP contribution is -2.41. The standard InChI is InChI=1S/C38H33BO2/c1-37(2)38(3,4)41-39(40-37)34-21-19-27(20-22-34)29-14-15-31-25-33(18-16-30(31)23-29)36-12-8-7-11-35(36)32-17-13-26-9-5-6-10-28(26)24-32/h5-25H,1-4H3. The lowest BCUT2D eigenvalue weighted by Gasteiger charge is -2.32. The third kappa shape index (κ3) is 4.66. The fourth-order valence-corrected chi connectivity index (χ4v) is 5.75. The third-order valence-corrected chi connectivity index (χ3v) is 8.91. The van der Waals surface area contributed by atoms with Crippen molar-refractivity contribution in [3.05, 3.63) is 127 Å². The molecule has 1 aliphatic rings. The van der Waals surface area contributed by atoms with Gasteiger partial charge in [-0.3, -0.25) is 0 Å². The topological polar surface area (TPSA) is 18.5 Å². The van der Waals surface area contributed by atoms with Gasteiger partial charge in [-0.05, 0) is 106 Å². The van der Waals surface area contributed by atoms with Gasteiger partial charge in [-0.25, -0.2) is 0 Å². The molecule has 1 heterocycles. The Balaban J connectivity index is 1.18. The van der Waals surface area contributed by atoms with Crippen molar-refractivity contribution in [2.24, 2.45) is 0 Å². The Bertz CT molecular complexity index is 1890. The molecular weight excluding hydrogens is 499 g/mol. The van der Waals surface area contributed by atoms with Crippen LogP contribution in [0, 0.1) is 0 Å². The highest BCUT2D eigenvalue weighted by atomic mass is 16.7. The largest absolute Gasteiger partial charge is 0.494 e. The van der Waals surface area contributed by atoms with Crippen molar-refractivity contribution in [1.82, 2.24) is 0 Å². The molecule has 0 unspecified atom stereocenters. The predicted molar refractivity (Wildman–Crippen MR) is 173 cm³/mol. The van der Waals surface area contributed by atoms with Gasteiger partial charge in [0.15, 0.2) is 0 Å². The number of rotatable bonds is 4. The molecule has 6 aromatic rings. The van der Waals surface area contributed by atoms with Crippen LogP contribution in [0.1, 0.15) is 27.7 Å². The molecule has 0 N–H and O–H groups in total. The minimum atomic E-state index is -0.346. The average Bonchev–Trinajstić information content (AvgIpc) is 3.22. The molecule has 0 bridgehead atoms. The van der Waals surface area contributed by atoms with Gasteiger partial charge in [0, 0.05) is 0 Å². The zero-order valence-corrected chi connectivity index (χ0v) is 24.0. The van der Waals surface area contributed by atoms with Gasteiger partial charge in [0.1, 0.15) is 0 Å². The van der Waals surface area contributed by atoms with Crippen LogP contribution in [-0.2, 0) is 9.31 Å². The van der Waals surface area contributed by atoms with Crippen molar-refractivity contribution in [1.29, 1.82) is 0 Å². The Labute approximate surface area is 242 Å². The summed E-state index contributed by atoms with van der Waals surface area (Å²) in [4.78, 5) is 0. The van der Waals surface area contributed by atoms with Gasteiger partial charge in [0.2, 0.25) is 0 Å². The lowest BCUT2D eigenvalue weighted by atomic mass is 9.78. The van der Waals surface area contributed by atoms with Crippen LogP contribution < -0.4 is 5.46 Å². The van der Waals surface area contributed by atoms with Crippen LogP contribution in [-0.4, -0.2) is 18.3 Å². The number of fused-ring (bicyclic) bond motifs is 2. The van der Waals surface area contributed by atoms with E-state index in [4.69, 9.17) is 9.31 Å². The Morgan fingerprint density at radius 3 is 1.41 bits per heavy atom. The van der Waals surface area contributed by atoms with E-state index in [0.717, 1.165) is 5.46 Å². The first kappa shape index (κ1) is 25.8. The molecule has 0 aliphatic carbocycles. The second kappa shape index (κ2) is 9.73. The van der Waals surface area contributed by atoms with Crippen LogP contribution in [0.15, 0.2) is 127 Å². The first-order valence-corrected chi connectivity index (χ1v) is 14.4. The third-order valence-electron chi connectivity index (χ3n) is 8.91. The monoisotopic (exact) mass is 532 g/mol. The second-order valence-electron chi connectivity index (χ2n) is 12.1. The maximum Gasteiger partial charge on any atom is 0.494 e. The summed E-state index contributed by atoms with van der Waals surface area (Å²) in [5.41, 5.74) is 7.68. The minimum Gasteiger partial charge on any atom is -0.399 e. The SMILES string of the molecule is CC1(C)OB(c2ccc(-c3ccc4cc(-c5ccccc5-c5ccc6ccccc6c5)ccc4c3)cc2)OC1(C)C. The molecule has 2 nitrogen and oxygen atoms in total. The van der Waals surface area contributed by atoms with Crippen LogP contribution in [0.5, 0.6) is 0 Å². The van der Waals surface area contributed by atoms with Crippen LogP contribution in [0.3, 0.4) is 0 Å². The van der Waals surface area contributed by atoms with E-state index in [-0.39, 0.29) is 18.3 Å². The molecule has 3 heteroatoms. The second-order valence-corrected chi connectivity index (χ2v) is 12.1. The molecule has 0 saturated carbocycles. The number of hydrogen-bond donors (Lipinski definition) is 0. The number of benzene rings is 6. The van der Waals surface area contributed by atoms with Crippen molar-refractivity contribution in [2.45, 2.75) is 38.9 Å². The van der Waals surface area contributed by atoms with E-state index in [1.54, 1.807) is 0 Å². The maximum atomic E-state index is 6.23. The van der Waals surface area contributed by atoms with Crippen molar-refractivity contribution in [3.8, 4) is 33.4 Å². The Morgan fingerprint density at radius 1 is 0.415 bits per heavy atom. The van der Waals surface area contributed by atoms with Gasteiger partial charge in [-0.15, -0.1) is 0 Å². The first-order valence-electron chi connectivity index (χ1n) is 14.4. The van der Waals surface area contributed by atoms with E-state index in [0.29, 0.717) is 0 Å². The highest BCUT2D eigenvalue weighted by Crippen LogP contribution is 2.37. The summed E-state index contributed by atoms with van der Waals surface area (Å²) in [7, 11) is -0.346. The first-order chi connectivity index (χ1) is 19.8. The van der Waals surface area contributed by atoms with E-state index in [9.17, 15) is 0 Å². The Morgan fingerprint density at radius 2 is 0.829 bits per heavy atom. The van der Waals surface area contributed by atoms with E-state index >= 15 is 0 Å². The molecule has 6 aromatic carbocycles. The Hall–Kier alpha value is -4.18. The zero-order chi connectivity index (χ0) is 28.2. The van der Waals surface area contributed by atoms with E-state index < -0.39 is 0 Å². The van der Waals surface area contributed by atoms with E-state index in [1.807, 2.05) is 0 Å². The summed E-state index contributed by atoms with van der Waals surface area (Å²) >= 11 is 0. The number of hydrogen-bond acceptors (Lipinski definition) is 2. The molecule has 1 fully saturated rings. The predicted octanol–water partition coefficient (Wildman–Crippen LogP) is 9.29. The quantitative estimate of drug-likeness (QED) is 0.211. The van der Waals surface area contributed by atoms with Gasteiger partial charge in [-0.2, -0.15) is 0 Å². The van der Waals surface area contributed by atoms with Gasteiger partial charge < -0.3 is 9.31 Å². The summed E-state index contributed by atoms with van der Waals surface area (Å²) < 4.78 is 12.5. The molecule has 200 valence electrons. The fraction of sp³-hybridized carbons (Fsp3) is 0.158. The average molecular weight is 532 g/mol. The van der Waals surface area contributed by atoms with Gasteiger partial charge in [0.05, 0.1) is 11.2 Å². The molecule has 0 aromatic heterocycles. The smallest absolute Gasteiger partial charge is 0.399 e. The maximum absolute atomic E-state index is 6.23. The molecule has 1 saturated heterocycles. The summed E-state index contributed by atoms with van der Waals surface area (Å²) in [6.07, 6.45) is 0.